The molecule has 0 aliphatic rings. The molecule has 0 aromatic rings. The van der Waals surface area contributed by atoms with Gasteiger partial charge in [0.05, 0.1) is 17.9 Å². The molecule has 8 nitrogen and oxygen atoms in total. The van der Waals surface area contributed by atoms with E-state index in [4.69, 9.17) is 5.11 Å². The summed E-state index contributed by atoms with van der Waals surface area (Å²) in [5.41, 5.74) is 0. The van der Waals surface area contributed by atoms with E-state index in [2.05, 4.69) is 0 Å². The number of hydrogen-bond acceptors (Lipinski definition) is 8. The van der Waals surface area contributed by atoms with Gasteiger partial charge in [0.1, 0.15) is 12.1 Å². The number of aliphatic carboxylic acids is 3. The van der Waals surface area contributed by atoms with Crippen LogP contribution in [0.4, 0.5) is 0 Å². The number of carbonyl (C=O) groups excluding carboxylic acids is 4. The molecule has 0 saturated heterocycles. The Labute approximate surface area is 76.4 Å². The van der Waals surface area contributed by atoms with Gasteiger partial charge in [0.15, 0.2) is 5.78 Å². The van der Waals surface area contributed by atoms with E-state index in [0.717, 1.165) is 0 Å². The largest absolute Gasteiger partial charge is 0.549 e. The van der Waals surface area contributed by atoms with Crippen molar-refractivity contribution in [3.8, 4) is 0 Å². The van der Waals surface area contributed by atoms with Gasteiger partial charge in [0.2, 0.25) is 0 Å². The fourth-order valence-electron chi connectivity index (χ4n) is 0.642. The summed E-state index contributed by atoms with van der Waals surface area (Å²) in [5.74, 6) is -11.9. The fourth-order valence-corrected chi connectivity index (χ4v) is 0.642. The number of Topliss-reactive ketones (excluding diaryl/α,β-unsaturated/α-hetero) is 1. The van der Waals surface area contributed by atoms with Gasteiger partial charge in [0.25, 0.3) is 0 Å². The molecule has 0 rings (SSSR count). The van der Waals surface area contributed by atoms with Gasteiger partial charge >= 0.3 is 0 Å². The van der Waals surface area contributed by atoms with Crippen LogP contribution < -0.4 is 15.3 Å². The molecular weight excluding hydrogens is 200 g/mol. The van der Waals surface area contributed by atoms with Gasteiger partial charge in [-0.05, 0) is 0 Å². The molecule has 2 unspecified atom stereocenters. The Bertz CT molecular complexity index is 292. The SMILES string of the molecule is O=C([O-])C(=O)C(C(=O)[O-])C(O)C(=O)[O-]. The van der Waals surface area contributed by atoms with E-state index >= 15 is 0 Å². The van der Waals surface area contributed by atoms with Gasteiger partial charge in [-0.1, -0.05) is 0 Å². The van der Waals surface area contributed by atoms with Crippen LogP contribution >= 0.6 is 0 Å². The van der Waals surface area contributed by atoms with Crippen LogP contribution in [0, 0.1) is 5.92 Å². The van der Waals surface area contributed by atoms with Crippen LogP contribution in [-0.2, 0) is 19.2 Å². The first kappa shape index (κ1) is 12.0. The maximum atomic E-state index is 10.5. The second kappa shape index (κ2) is 4.33. The standard InChI is InChI=1S/C6H6O8/c7-2(5(11)12)1(4(9)10)3(8)6(13)14/h1-2,7H,(H,9,10)(H,11,12)(H,13,14)/p-3. The summed E-state index contributed by atoms with van der Waals surface area (Å²) in [6.45, 7) is 0. The molecule has 8 heteroatoms. The van der Waals surface area contributed by atoms with Crippen molar-refractivity contribution >= 4 is 23.7 Å². The lowest BCUT2D eigenvalue weighted by Crippen LogP contribution is -2.54. The fraction of sp³-hybridized carbons (Fsp3) is 0.333. The number of aliphatic hydroxyl groups excluding tert-OH is 1. The van der Waals surface area contributed by atoms with E-state index < -0.39 is 35.7 Å². The van der Waals surface area contributed by atoms with Gasteiger partial charge in [-0.3, -0.25) is 4.79 Å². The Morgan fingerprint density at radius 2 is 1.36 bits per heavy atom. The van der Waals surface area contributed by atoms with Crippen molar-refractivity contribution in [1.82, 2.24) is 0 Å². The Balaban J connectivity index is 4.96. The monoisotopic (exact) mass is 203 g/mol. The van der Waals surface area contributed by atoms with Crippen molar-refractivity contribution in [2.45, 2.75) is 6.10 Å². The first-order valence-corrected chi connectivity index (χ1v) is 3.14. The van der Waals surface area contributed by atoms with Crippen molar-refractivity contribution in [3.05, 3.63) is 0 Å². The molecular formula is C6H3O8-3. The number of carboxylic acids is 3. The van der Waals surface area contributed by atoms with E-state index in [1.165, 1.54) is 0 Å². The quantitative estimate of drug-likeness (QED) is 0.341. The second-order valence-corrected chi connectivity index (χ2v) is 2.21. The van der Waals surface area contributed by atoms with E-state index in [-0.39, 0.29) is 0 Å². The molecule has 0 radical (unpaired) electrons. The molecule has 0 aliphatic carbocycles. The topological polar surface area (TPSA) is 158 Å². The average molecular weight is 203 g/mol. The molecule has 0 bridgehead atoms. The molecule has 0 spiro atoms. The number of carbonyl (C=O) groups is 4. The molecule has 1 N–H and O–H groups in total. The van der Waals surface area contributed by atoms with Crippen LogP contribution in [0.15, 0.2) is 0 Å². The highest BCUT2D eigenvalue weighted by atomic mass is 16.4. The van der Waals surface area contributed by atoms with Crippen molar-refractivity contribution in [2.24, 2.45) is 5.92 Å². The summed E-state index contributed by atoms with van der Waals surface area (Å²) in [7, 11) is 0. The lowest BCUT2D eigenvalue weighted by atomic mass is 9.97. The normalized spacial score (nSPS) is 14.1. The van der Waals surface area contributed by atoms with E-state index in [0.29, 0.717) is 0 Å². The van der Waals surface area contributed by atoms with Crippen LogP contribution in [0.2, 0.25) is 0 Å². The van der Waals surface area contributed by atoms with Crippen LogP contribution in [0.1, 0.15) is 0 Å². The predicted molar refractivity (Wildman–Crippen MR) is 29.5 cm³/mol. The van der Waals surface area contributed by atoms with E-state index in [1.807, 2.05) is 0 Å². The van der Waals surface area contributed by atoms with Crippen molar-refractivity contribution < 1.29 is 39.6 Å². The first-order valence-electron chi connectivity index (χ1n) is 3.14. The van der Waals surface area contributed by atoms with Crippen molar-refractivity contribution in [3.63, 3.8) is 0 Å². The zero-order valence-corrected chi connectivity index (χ0v) is 6.46. The molecule has 0 amide bonds. The first-order chi connectivity index (χ1) is 6.29. The smallest absolute Gasteiger partial charge is 0.189 e. The third kappa shape index (κ3) is 2.52. The predicted octanol–water partition coefficient (Wildman–Crippen LogP) is -6.22. The minimum Gasteiger partial charge on any atom is -0.549 e. The third-order valence-electron chi connectivity index (χ3n) is 1.29. The Hall–Kier alpha value is -1.96. The minimum absolute atomic E-state index is 2.10. The van der Waals surface area contributed by atoms with Gasteiger partial charge in [-0.25, -0.2) is 0 Å². The zero-order valence-electron chi connectivity index (χ0n) is 6.46. The summed E-state index contributed by atoms with van der Waals surface area (Å²) in [6, 6.07) is 0. The van der Waals surface area contributed by atoms with Crippen LogP contribution in [0.5, 0.6) is 0 Å². The van der Waals surface area contributed by atoms with Crippen molar-refractivity contribution in [1.29, 1.82) is 0 Å². The molecule has 14 heavy (non-hydrogen) atoms. The molecule has 0 heterocycles. The number of carboxylic acid groups (broad SMARTS) is 3. The molecule has 0 aromatic heterocycles. The second-order valence-electron chi connectivity index (χ2n) is 2.21. The number of rotatable bonds is 5. The summed E-state index contributed by atoms with van der Waals surface area (Å²) >= 11 is 0. The van der Waals surface area contributed by atoms with E-state index in [9.17, 15) is 34.5 Å². The minimum atomic E-state index is -2.79. The lowest BCUT2D eigenvalue weighted by Gasteiger charge is -2.23. The summed E-state index contributed by atoms with van der Waals surface area (Å²) in [4.78, 5) is 40.5. The number of hydrogen-bond donors (Lipinski definition) is 1. The molecule has 0 aliphatic heterocycles. The van der Waals surface area contributed by atoms with Gasteiger partial charge < -0.3 is 34.8 Å². The van der Waals surface area contributed by atoms with Crippen LogP contribution in [0.25, 0.3) is 0 Å². The third-order valence-corrected chi connectivity index (χ3v) is 1.29. The Kier molecular flexibility index (Phi) is 3.72. The van der Waals surface area contributed by atoms with E-state index in [1.54, 1.807) is 0 Å². The summed E-state index contributed by atoms with van der Waals surface area (Å²) < 4.78 is 0. The molecule has 0 aromatic carbocycles. The Morgan fingerprint density at radius 1 is 0.929 bits per heavy atom. The highest BCUT2D eigenvalue weighted by molar-refractivity contribution is 6.36. The number of ketones is 1. The molecule has 0 saturated carbocycles. The summed E-state index contributed by atoms with van der Waals surface area (Å²) in [6.07, 6.45) is -2.79. The maximum absolute atomic E-state index is 10.5. The highest BCUT2D eigenvalue weighted by Gasteiger charge is 2.29. The maximum Gasteiger partial charge on any atom is 0.189 e. The van der Waals surface area contributed by atoms with Gasteiger partial charge in [0, 0.05) is 0 Å². The van der Waals surface area contributed by atoms with Crippen molar-refractivity contribution in [2.75, 3.05) is 0 Å². The lowest BCUT2D eigenvalue weighted by molar-refractivity contribution is -0.330. The zero-order chi connectivity index (χ0) is 11.5. The summed E-state index contributed by atoms with van der Waals surface area (Å²) in [5, 5.41) is 38.5. The Morgan fingerprint density at radius 3 is 1.57 bits per heavy atom. The van der Waals surface area contributed by atoms with Gasteiger partial charge in [-0.15, -0.1) is 0 Å². The molecule has 78 valence electrons. The molecule has 2 atom stereocenters. The average Bonchev–Trinajstić information content (AvgIpc) is 2.03. The number of aliphatic hydroxyl groups is 1. The molecule has 0 fully saturated rings. The van der Waals surface area contributed by atoms with Crippen LogP contribution in [0.3, 0.4) is 0 Å². The van der Waals surface area contributed by atoms with Crippen LogP contribution in [-0.4, -0.2) is 34.9 Å². The van der Waals surface area contributed by atoms with Gasteiger partial charge in [-0.2, -0.15) is 0 Å². The highest BCUT2D eigenvalue weighted by Crippen LogP contribution is 2.03.